The summed E-state index contributed by atoms with van der Waals surface area (Å²) in [4.78, 5) is 24.5. The molecule has 1 aromatic rings. The Kier molecular flexibility index (Phi) is 5.51. The number of carboxylic acid groups (broad SMARTS) is 1. The Morgan fingerprint density at radius 3 is 2.37 bits per heavy atom. The quantitative estimate of drug-likeness (QED) is 0.813. The molecule has 5 nitrogen and oxygen atoms in total. The zero-order valence-electron chi connectivity index (χ0n) is 11.2. The van der Waals surface area contributed by atoms with Crippen LogP contribution in [0.5, 0.6) is 0 Å². The van der Waals surface area contributed by atoms with Crippen LogP contribution in [0.4, 0.5) is 0 Å². The number of carboxylic acids is 1. The monoisotopic (exact) mass is 264 g/mol. The van der Waals surface area contributed by atoms with Crippen LogP contribution in [0.2, 0.25) is 0 Å². The van der Waals surface area contributed by atoms with E-state index >= 15 is 0 Å². The maximum absolute atomic E-state index is 12.3. The molecule has 0 aromatic heterocycles. The summed E-state index contributed by atoms with van der Waals surface area (Å²) in [6.07, 6.45) is -0.0823. The molecule has 2 atom stereocenters. The average Bonchev–Trinajstić information content (AvgIpc) is 2.38. The van der Waals surface area contributed by atoms with Crippen molar-refractivity contribution in [2.75, 3.05) is 6.54 Å². The molecule has 1 rings (SSSR count). The van der Waals surface area contributed by atoms with Crippen molar-refractivity contribution in [1.82, 2.24) is 4.90 Å². The van der Waals surface area contributed by atoms with Crippen LogP contribution in [-0.2, 0) is 9.59 Å². The summed E-state index contributed by atoms with van der Waals surface area (Å²) in [6, 6.07) is 7.95. The first-order valence-corrected chi connectivity index (χ1v) is 6.30. The van der Waals surface area contributed by atoms with Crippen molar-refractivity contribution < 1.29 is 14.7 Å². The molecule has 19 heavy (non-hydrogen) atoms. The highest BCUT2D eigenvalue weighted by atomic mass is 16.4. The van der Waals surface area contributed by atoms with Gasteiger partial charge in [-0.25, -0.2) is 0 Å². The minimum absolute atomic E-state index is 0.0823. The lowest BCUT2D eigenvalue weighted by molar-refractivity contribution is -0.140. The minimum atomic E-state index is -0.924. The van der Waals surface area contributed by atoms with E-state index in [1.54, 1.807) is 19.1 Å². The molecule has 0 spiro atoms. The van der Waals surface area contributed by atoms with Crippen molar-refractivity contribution in [2.45, 2.75) is 32.4 Å². The van der Waals surface area contributed by atoms with Crippen molar-refractivity contribution >= 4 is 11.9 Å². The molecule has 0 saturated heterocycles. The van der Waals surface area contributed by atoms with Gasteiger partial charge in [-0.3, -0.25) is 9.59 Å². The highest BCUT2D eigenvalue weighted by Gasteiger charge is 2.26. The maximum atomic E-state index is 12.3. The third kappa shape index (κ3) is 4.06. The van der Waals surface area contributed by atoms with Crippen LogP contribution in [0, 0.1) is 0 Å². The number of hydrogen-bond acceptors (Lipinski definition) is 3. The molecule has 0 aliphatic carbocycles. The second-order valence-electron chi connectivity index (χ2n) is 4.46. The van der Waals surface area contributed by atoms with Gasteiger partial charge in [0.05, 0.1) is 6.42 Å². The van der Waals surface area contributed by atoms with Crippen molar-refractivity contribution in [2.24, 2.45) is 5.73 Å². The second-order valence-corrected chi connectivity index (χ2v) is 4.46. The number of hydrogen-bond donors (Lipinski definition) is 2. The first-order chi connectivity index (χ1) is 8.97. The molecular weight excluding hydrogens is 244 g/mol. The van der Waals surface area contributed by atoms with Crippen LogP contribution in [0.15, 0.2) is 30.3 Å². The van der Waals surface area contributed by atoms with Crippen molar-refractivity contribution in [3.05, 3.63) is 35.9 Å². The first-order valence-electron chi connectivity index (χ1n) is 6.30. The third-order valence-corrected chi connectivity index (χ3v) is 3.05. The predicted molar refractivity (Wildman–Crippen MR) is 72.5 cm³/mol. The van der Waals surface area contributed by atoms with Crippen LogP contribution in [0.25, 0.3) is 0 Å². The van der Waals surface area contributed by atoms with Gasteiger partial charge < -0.3 is 15.7 Å². The van der Waals surface area contributed by atoms with E-state index in [2.05, 4.69) is 0 Å². The maximum Gasteiger partial charge on any atom is 0.305 e. The molecule has 5 heteroatoms. The summed E-state index contributed by atoms with van der Waals surface area (Å²) in [5, 5.41) is 8.80. The Bertz CT molecular complexity index is 434. The van der Waals surface area contributed by atoms with Gasteiger partial charge in [-0.2, -0.15) is 0 Å². The SMILES string of the molecule is CCN(C(=O)C(N)c1ccccc1)C(C)CC(=O)O. The lowest BCUT2D eigenvalue weighted by Crippen LogP contribution is -2.44. The fourth-order valence-electron chi connectivity index (χ4n) is 2.03. The number of nitrogens with two attached hydrogens (primary N) is 1. The van der Waals surface area contributed by atoms with E-state index in [4.69, 9.17) is 10.8 Å². The number of carbonyl (C=O) groups excluding carboxylic acids is 1. The molecule has 0 heterocycles. The van der Waals surface area contributed by atoms with Crippen LogP contribution < -0.4 is 5.73 Å². The molecule has 1 aromatic carbocycles. The van der Waals surface area contributed by atoms with E-state index < -0.39 is 12.0 Å². The van der Waals surface area contributed by atoms with Crippen LogP contribution in [0.1, 0.15) is 31.9 Å². The molecule has 1 amide bonds. The van der Waals surface area contributed by atoms with Gasteiger partial charge in [0.15, 0.2) is 0 Å². The van der Waals surface area contributed by atoms with E-state index in [0.717, 1.165) is 5.56 Å². The molecule has 104 valence electrons. The predicted octanol–water partition coefficient (Wildman–Crippen LogP) is 1.40. The van der Waals surface area contributed by atoms with Gasteiger partial charge in [-0.05, 0) is 19.4 Å². The Morgan fingerprint density at radius 2 is 1.89 bits per heavy atom. The van der Waals surface area contributed by atoms with E-state index in [9.17, 15) is 9.59 Å². The number of aliphatic carboxylic acids is 1. The number of nitrogens with zero attached hydrogens (tertiary/aromatic N) is 1. The number of amides is 1. The number of benzene rings is 1. The van der Waals surface area contributed by atoms with Gasteiger partial charge in [0.1, 0.15) is 6.04 Å². The molecule has 0 aliphatic rings. The molecule has 0 saturated carbocycles. The Hall–Kier alpha value is -1.88. The summed E-state index contributed by atoms with van der Waals surface area (Å²) >= 11 is 0. The third-order valence-electron chi connectivity index (χ3n) is 3.05. The molecule has 0 bridgehead atoms. The normalized spacial score (nSPS) is 13.6. The molecule has 0 aliphatic heterocycles. The molecule has 0 fully saturated rings. The summed E-state index contributed by atoms with van der Waals surface area (Å²) in [6.45, 7) is 3.97. The van der Waals surface area contributed by atoms with Crippen LogP contribution >= 0.6 is 0 Å². The van der Waals surface area contributed by atoms with Gasteiger partial charge in [-0.1, -0.05) is 30.3 Å². The fraction of sp³-hybridized carbons (Fsp3) is 0.429. The Balaban J connectivity index is 2.81. The highest BCUT2D eigenvalue weighted by Crippen LogP contribution is 2.15. The van der Waals surface area contributed by atoms with Gasteiger partial charge in [-0.15, -0.1) is 0 Å². The second kappa shape index (κ2) is 6.89. The zero-order chi connectivity index (χ0) is 14.4. The van der Waals surface area contributed by atoms with Crippen LogP contribution in [0.3, 0.4) is 0 Å². The van der Waals surface area contributed by atoms with Gasteiger partial charge in [0.25, 0.3) is 0 Å². The lowest BCUT2D eigenvalue weighted by Gasteiger charge is -2.29. The number of rotatable bonds is 6. The van der Waals surface area contributed by atoms with Crippen molar-refractivity contribution in [1.29, 1.82) is 0 Å². The Labute approximate surface area is 113 Å². The smallest absolute Gasteiger partial charge is 0.305 e. The van der Waals surface area contributed by atoms with Crippen molar-refractivity contribution in [3.63, 3.8) is 0 Å². The molecule has 0 radical (unpaired) electrons. The highest BCUT2D eigenvalue weighted by molar-refractivity contribution is 5.83. The van der Waals surface area contributed by atoms with Gasteiger partial charge in [0, 0.05) is 12.6 Å². The largest absolute Gasteiger partial charge is 0.481 e. The zero-order valence-corrected chi connectivity index (χ0v) is 11.2. The van der Waals surface area contributed by atoms with Gasteiger partial charge >= 0.3 is 5.97 Å². The molecular formula is C14H20N2O3. The van der Waals surface area contributed by atoms with E-state index in [-0.39, 0.29) is 18.4 Å². The summed E-state index contributed by atoms with van der Waals surface area (Å²) in [5.41, 5.74) is 6.68. The van der Waals surface area contributed by atoms with Crippen LogP contribution in [-0.4, -0.2) is 34.5 Å². The standard InChI is InChI=1S/C14H20N2O3/c1-3-16(10(2)9-12(17)18)14(19)13(15)11-7-5-4-6-8-11/h4-8,10,13H,3,9,15H2,1-2H3,(H,17,18). The summed E-state index contributed by atoms with van der Waals surface area (Å²) in [7, 11) is 0. The molecule has 2 unspecified atom stereocenters. The minimum Gasteiger partial charge on any atom is -0.481 e. The Morgan fingerprint density at radius 1 is 1.32 bits per heavy atom. The van der Waals surface area contributed by atoms with Gasteiger partial charge in [0.2, 0.25) is 5.91 Å². The topological polar surface area (TPSA) is 83.6 Å². The summed E-state index contributed by atoms with van der Waals surface area (Å²) in [5.74, 6) is -1.17. The fourth-order valence-corrected chi connectivity index (χ4v) is 2.03. The number of likely N-dealkylation sites (N-methyl/N-ethyl adjacent to an activating group) is 1. The lowest BCUT2D eigenvalue weighted by atomic mass is 10.1. The van der Waals surface area contributed by atoms with E-state index in [1.807, 2.05) is 25.1 Å². The van der Waals surface area contributed by atoms with E-state index in [1.165, 1.54) is 4.90 Å². The van der Waals surface area contributed by atoms with Crippen molar-refractivity contribution in [3.8, 4) is 0 Å². The molecule has 3 N–H and O–H groups in total. The summed E-state index contributed by atoms with van der Waals surface area (Å²) < 4.78 is 0. The van der Waals surface area contributed by atoms with E-state index in [0.29, 0.717) is 6.54 Å². The first kappa shape index (κ1) is 15.2. The number of carbonyl (C=O) groups is 2. The average molecular weight is 264 g/mol.